The second-order valence-electron chi connectivity index (χ2n) is 4.39. The number of rotatable bonds is 7. The quantitative estimate of drug-likeness (QED) is 0.405. The van der Waals surface area contributed by atoms with Crippen molar-refractivity contribution in [3.8, 4) is 11.5 Å². The summed E-state index contributed by atoms with van der Waals surface area (Å²) in [4.78, 5) is 0. The number of allylic oxidation sites excluding steroid dienone is 3. The molecule has 0 saturated carbocycles. The number of benzene rings is 1. The molecule has 0 radical (unpaired) electrons. The third-order valence-corrected chi connectivity index (χ3v) is 2.85. The van der Waals surface area contributed by atoms with Gasteiger partial charge in [0.1, 0.15) is 11.5 Å². The molecule has 0 saturated heterocycles. The third-order valence-electron chi connectivity index (χ3n) is 2.85. The van der Waals surface area contributed by atoms with Crippen LogP contribution in [0.25, 0.3) is 0 Å². The van der Waals surface area contributed by atoms with E-state index in [2.05, 4.69) is 6.08 Å². The lowest BCUT2D eigenvalue weighted by Gasteiger charge is -1.98. The molecule has 0 amide bonds. The minimum Gasteiger partial charge on any atom is -0.520 e. The first kappa shape index (κ1) is 11.2. The molecule has 0 aliphatic carbocycles. The maximum Gasteiger partial charge on any atom is 0.624 e. The Bertz CT molecular complexity index is 490. The molecule has 100 valence electrons. The fourth-order valence-corrected chi connectivity index (χ4v) is 1.87. The molecule has 0 bridgehead atoms. The molecule has 1 aliphatic rings. The van der Waals surface area contributed by atoms with Crippen LogP contribution in [-0.4, -0.2) is 7.12 Å². The lowest BCUT2D eigenvalue weighted by molar-refractivity contribution is 0.517. The highest BCUT2D eigenvalue weighted by atomic mass is 16.6. The summed E-state index contributed by atoms with van der Waals surface area (Å²) in [5.74, 6) is 3.26. The van der Waals surface area contributed by atoms with Crippen molar-refractivity contribution in [2.75, 3.05) is 0 Å². The Morgan fingerprint density at radius 1 is 1.11 bits per heavy atom. The van der Waals surface area contributed by atoms with Gasteiger partial charge in [0.05, 0.1) is 0 Å². The Labute approximate surface area is 119 Å². The summed E-state index contributed by atoms with van der Waals surface area (Å²) < 4.78 is 27.1. The Balaban J connectivity index is 1.75. The second-order valence-corrected chi connectivity index (χ2v) is 4.39. The van der Waals surface area contributed by atoms with Gasteiger partial charge < -0.3 is 9.31 Å². The Kier molecular flexibility index (Phi) is 4.56. The van der Waals surface area contributed by atoms with Crippen molar-refractivity contribution in [3.05, 3.63) is 48.5 Å². The first-order valence-electron chi connectivity index (χ1n) is 7.81. The molecule has 19 heavy (non-hydrogen) atoms. The van der Waals surface area contributed by atoms with Crippen LogP contribution in [0.15, 0.2) is 48.5 Å². The predicted octanol–water partition coefficient (Wildman–Crippen LogP) is 4.57. The Morgan fingerprint density at radius 3 is 2.53 bits per heavy atom. The highest BCUT2D eigenvalue weighted by Gasteiger charge is 2.28. The van der Waals surface area contributed by atoms with Crippen molar-refractivity contribution >= 4 is 7.12 Å². The molecule has 1 aromatic rings. The SMILES string of the molecule is [2H]C([2H])(C/C=C/B1Oc2ccccc2O1)CCC/C=C/C. The topological polar surface area (TPSA) is 18.5 Å². The van der Waals surface area contributed by atoms with Crippen LogP contribution < -0.4 is 9.31 Å². The van der Waals surface area contributed by atoms with E-state index in [0.29, 0.717) is 12.8 Å². The average molecular weight is 258 g/mol. The lowest BCUT2D eigenvalue weighted by Crippen LogP contribution is -2.21. The van der Waals surface area contributed by atoms with Gasteiger partial charge in [-0.2, -0.15) is 0 Å². The van der Waals surface area contributed by atoms with E-state index in [0.717, 1.165) is 24.3 Å². The molecule has 0 N–H and O–H groups in total. The molecular weight excluding hydrogens is 235 g/mol. The van der Waals surface area contributed by atoms with Crippen molar-refractivity contribution in [2.45, 2.75) is 39.0 Å². The van der Waals surface area contributed by atoms with Crippen molar-refractivity contribution in [1.82, 2.24) is 0 Å². The van der Waals surface area contributed by atoms with Crippen LogP contribution in [0, 0.1) is 0 Å². The zero-order valence-corrected chi connectivity index (χ0v) is 11.3. The predicted molar refractivity (Wildman–Crippen MR) is 80.5 cm³/mol. The summed E-state index contributed by atoms with van der Waals surface area (Å²) in [6.45, 7) is 1.98. The van der Waals surface area contributed by atoms with Gasteiger partial charge in [0.15, 0.2) is 0 Å². The van der Waals surface area contributed by atoms with Crippen LogP contribution in [0.5, 0.6) is 11.5 Å². The monoisotopic (exact) mass is 258 g/mol. The van der Waals surface area contributed by atoms with E-state index < -0.39 is 13.5 Å². The molecule has 0 spiro atoms. The average Bonchev–Trinajstić information content (AvgIpc) is 2.86. The van der Waals surface area contributed by atoms with Gasteiger partial charge in [-0.25, -0.2) is 0 Å². The van der Waals surface area contributed by atoms with Gasteiger partial charge in [-0.1, -0.05) is 36.8 Å². The smallest absolute Gasteiger partial charge is 0.520 e. The molecule has 0 unspecified atom stereocenters. The third kappa shape index (κ3) is 4.51. The summed E-state index contributed by atoms with van der Waals surface area (Å²) >= 11 is 0. The van der Waals surface area contributed by atoms with Gasteiger partial charge in [0, 0.05) is 2.74 Å². The summed E-state index contributed by atoms with van der Waals surface area (Å²) in [7, 11) is -0.443. The van der Waals surface area contributed by atoms with E-state index in [9.17, 15) is 0 Å². The van der Waals surface area contributed by atoms with E-state index in [-0.39, 0.29) is 0 Å². The van der Waals surface area contributed by atoms with Gasteiger partial charge >= 0.3 is 7.12 Å². The van der Waals surface area contributed by atoms with Gasteiger partial charge in [-0.15, -0.1) is 0 Å². The van der Waals surface area contributed by atoms with Crippen LogP contribution >= 0.6 is 0 Å². The Hall–Kier alpha value is -1.64. The molecule has 0 aromatic heterocycles. The Morgan fingerprint density at radius 2 is 1.84 bits per heavy atom. The molecule has 0 atom stereocenters. The first-order chi connectivity index (χ1) is 10.1. The summed E-state index contributed by atoms with van der Waals surface area (Å²) in [6.07, 6.45) is 7.45. The second kappa shape index (κ2) is 7.72. The zero-order valence-electron chi connectivity index (χ0n) is 13.3. The molecule has 1 aliphatic heterocycles. The fourth-order valence-electron chi connectivity index (χ4n) is 1.87. The van der Waals surface area contributed by atoms with E-state index >= 15 is 0 Å². The van der Waals surface area contributed by atoms with Gasteiger partial charge in [-0.05, 0) is 50.7 Å². The lowest BCUT2D eigenvalue weighted by atomic mass is 9.90. The largest absolute Gasteiger partial charge is 0.624 e. The molecular formula is C16H21BO2. The summed E-state index contributed by atoms with van der Waals surface area (Å²) in [5.41, 5.74) is 0. The molecule has 2 rings (SSSR count). The molecule has 2 nitrogen and oxygen atoms in total. The minimum atomic E-state index is -1.18. The maximum absolute atomic E-state index is 7.97. The van der Waals surface area contributed by atoms with Gasteiger partial charge in [0.25, 0.3) is 0 Å². The zero-order chi connectivity index (χ0) is 15.1. The van der Waals surface area contributed by atoms with Crippen LogP contribution in [-0.2, 0) is 0 Å². The van der Waals surface area contributed by atoms with Crippen molar-refractivity contribution in [3.63, 3.8) is 0 Å². The number of para-hydroxylation sites is 2. The van der Waals surface area contributed by atoms with Gasteiger partial charge in [-0.3, -0.25) is 0 Å². The number of fused-ring (bicyclic) bond motifs is 1. The summed E-state index contributed by atoms with van der Waals surface area (Å²) in [5, 5.41) is 0. The molecule has 0 fully saturated rings. The first-order valence-corrected chi connectivity index (χ1v) is 6.81. The normalized spacial score (nSPS) is 16.2. The highest BCUT2D eigenvalue weighted by Crippen LogP contribution is 2.32. The van der Waals surface area contributed by atoms with E-state index in [1.54, 1.807) is 5.98 Å². The standard InChI is InChI=1S/C16H21BO2/c1-2-3-4-5-6-7-8-11-14-17-18-15-12-9-10-13-16(15)19-17/h2-3,9-14H,4-8H2,1H3/b3-2+,14-11+/i7D2. The minimum absolute atomic E-state index is 0.377. The maximum atomic E-state index is 7.97. The van der Waals surface area contributed by atoms with Crippen molar-refractivity contribution in [1.29, 1.82) is 0 Å². The van der Waals surface area contributed by atoms with Crippen LogP contribution in [0.4, 0.5) is 0 Å². The van der Waals surface area contributed by atoms with Crippen LogP contribution in [0.3, 0.4) is 0 Å². The summed E-state index contributed by atoms with van der Waals surface area (Å²) in [6, 6.07) is 7.53. The fraction of sp³-hybridized carbons (Fsp3) is 0.375. The van der Waals surface area contributed by atoms with Gasteiger partial charge in [0.2, 0.25) is 0 Å². The van der Waals surface area contributed by atoms with E-state index in [4.69, 9.17) is 12.1 Å². The van der Waals surface area contributed by atoms with Crippen LogP contribution in [0.2, 0.25) is 0 Å². The van der Waals surface area contributed by atoms with E-state index in [1.807, 2.05) is 43.3 Å². The van der Waals surface area contributed by atoms with Crippen LogP contribution in [0.1, 0.15) is 41.7 Å². The number of hydrogen-bond acceptors (Lipinski definition) is 2. The van der Waals surface area contributed by atoms with Crippen molar-refractivity contribution < 1.29 is 12.1 Å². The highest BCUT2D eigenvalue weighted by molar-refractivity contribution is 6.53. The number of hydrogen-bond donors (Lipinski definition) is 0. The molecule has 1 aromatic carbocycles. The molecule has 3 heteroatoms. The van der Waals surface area contributed by atoms with E-state index in [1.165, 1.54) is 0 Å². The van der Waals surface area contributed by atoms with Crippen molar-refractivity contribution in [2.24, 2.45) is 0 Å². The molecule has 1 heterocycles. The number of unbranched alkanes of at least 4 members (excludes halogenated alkanes) is 1.